The highest BCUT2D eigenvalue weighted by Gasteiger charge is 2.08. The molecule has 0 radical (unpaired) electrons. The molecule has 90 valence electrons. The van der Waals surface area contributed by atoms with Crippen molar-refractivity contribution in [1.82, 2.24) is 9.97 Å². The number of nitrogens with zero attached hydrogens (tertiary/aromatic N) is 1. The minimum Gasteiger partial charge on any atom is -0.508 e. The number of aromatic nitrogens is 2. The number of nitrogens with one attached hydrogen (secondary N) is 1. The van der Waals surface area contributed by atoms with Crippen molar-refractivity contribution in [3.8, 4) is 17.1 Å². The van der Waals surface area contributed by atoms with E-state index in [4.69, 9.17) is 23.2 Å². The summed E-state index contributed by atoms with van der Waals surface area (Å²) in [5, 5.41) is 10.4. The molecule has 2 aromatic carbocycles. The standard InChI is InChI=1S/C13H8Cl2N2O/c14-9-5-11-12(6-10(9)15)17-13(16-11)7-2-1-3-8(18)4-7/h1-6,18H,(H,16,17). The second-order valence-corrected chi connectivity index (χ2v) is 4.73. The van der Waals surface area contributed by atoms with Crippen LogP contribution in [0.1, 0.15) is 0 Å². The number of aromatic hydroxyl groups is 1. The van der Waals surface area contributed by atoms with Gasteiger partial charge in [0.25, 0.3) is 0 Å². The summed E-state index contributed by atoms with van der Waals surface area (Å²) in [5.74, 6) is 0.864. The van der Waals surface area contributed by atoms with Gasteiger partial charge in [0.15, 0.2) is 0 Å². The van der Waals surface area contributed by atoms with Crippen molar-refractivity contribution in [2.75, 3.05) is 0 Å². The number of aromatic amines is 1. The monoisotopic (exact) mass is 278 g/mol. The molecule has 0 unspecified atom stereocenters. The van der Waals surface area contributed by atoms with Gasteiger partial charge >= 0.3 is 0 Å². The van der Waals surface area contributed by atoms with E-state index in [9.17, 15) is 5.11 Å². The number of hydrogen-bond donors (Lipinski definition) is 2. The Balaban J connectivity index is 2.19. The molecule has 0 spiro atoms. The molecule has 1 aromatic heterocycles. The van der Waals surface area contributed by atoms with Gasteiger partial charge in [-0.3, -0.25) is 0 Å². The number of benzene rings is 2. The summed E-state index contributed by atoms with van der Waals surface area (Å²) in [7, 11) is 0. The third-order valence-electron chi connectivity index (χ3n) is 2.64. The minimum absolute atomic E-state index is 0.198. The van der Waals surface area contributed by atoms with Crippen LogP contribution in [-0.2, 0) is 0 Å². The first kappa shape index (κ1) is 11.4. The van der Waals surface area contributed by atoms with Gasteiger partial charge in [-0.25, -0.2) is 4.98 Å². The van der Waals surface area contributed by atoms with Gasteiger partial charge in [-0.1, -0.05) is 35.3 Å². The van der Waals surface area contributed by atoms with Crippen LogP contribution < -0.4 is 0 Å². The van der Waals surface area contributed by atoms with Crippen molar-refractivity contribution in [3.63, 3.8) is 0 Å². The van der Waals surface area contributed by atoms with Gasteiger partial charge < -0.3 is 10.1 Å². The van der Waals surface area contributed by atoms with Crippen molar-refractivity contribution in [2.24, 2.45) is 0 Å². The van der Waals surface area contributed by atoms with Crippen LogP contribution in [0.4, 0.5) is 0 Å². The molecule has 3 aromatic rings. The Kier molecular flexibility index (Phi) is 2.65. The van der Waals surface area contributed by atoms with Gasteiger partial charge in [0, 0.05) is 5.56 Å². The zero-order chi connectivity index (χ0) is 12.7. The lowest BCUT2D eigenvalue weighted by Gasteiger charge is -1.96. The fraction of sp³-hybridized carbons (Fsp3) is 0. The van der Waals surface area contributed by atoms with Gasteiger partial charge in [0.2, 0.25) is 0 Å². The molecular formula is C13H8Cl2N2O. The third kappa shape index (κ3) is 1.92. The summed E-state index contributed by atoms with van der Waals surface area (Å²) in [5.41, 5.74) is 2.35. The topological polar surface area (TPSA) is 48.9 Å². The first-order valence-corrected chi connectivity index (χ1v) is 6.03. The second-order valence-electron chi connectivity index (χ2n) is 3.92. The maximum absolute atomic E-state index is 9.45. The van der Waals surface area contributed by atoms with Crippen molar-refractivity contribution < 1.29 is 5.11 Å². The van der Waals surface area contributed by atoms with Crippen molar-refractivity contribution in [2.45, 2.75) is 0 Å². The number of H-pyrrole nitrogens is 1. The summed E-state index contributed by atoms with van der Waals surface area (Å²) in [6, 6.07) is 10.3. The predicted octanol–water partition coefficient (Wildman–Crippen LogP) is 4.24. The molecule has 0 aliphatic rings. The summed E-state index contributed by atoms with van der Waals surface area (Å²) in [4.78, 5) is 7.56. The molecule has 3 rings (SSSR count). The number of halogens is 2. The first-order valence-electron chi connectivity index (χ1n) is 5.27. The Hall–Kier alpha value is -1.71. The Labute approximate surface area is 113 Å². The van der Waals surface area contributed by atoms with E-state index in [-0.39, 0.29) is 5.75 Å². The first-order chi connectivity index (χ1) is 8.63. The van der Waals surface area contributed by atoms with E-state index < -0.39 is 0 Å². The van der Waals surface area contributed by atoms with Crippen LogP contribution in [0, 0.1) is 0 Å². The number of hydrogen-bond acceptors (Lipinski definition) is 2. The highest BCUT2D eigenvalue weighted by atomic mass is 35.5. The molecule has 2 N–H and O–H groups in total. The highest BCUT2D eigenvalue weighted by Crippen LogP contribution is 2.29. The van der Waals surface area contributed by atoms with Crippen LogP contribution in [-0.4, -0.2) is 15.1 Å². The van der Waals surface area contributed by atoms with Crippen LogP contribution >= 0.6 is 23.2 Å². The summed E-state index contributed by atoms with van der Waals surface area (Å²) >= 11 is 11.9. The largest absolute Gasteiger partial charge is 0.508 e. The van der Waals surface area contributed by atoms with E-state index in [1.54, 1.807) is 30.3 Å². The average molecular weight is 279 g/mol. The normalized spacial score (nSPS) is 11.0. The lowest BCUT2D eigenvalue weighted by atomic mass is 10.2. The predicted molar refractivity (Wildman–Crippen MR) is 73.2 cm³/mol. The van der Waals surface area contributed by atoms with Gasteiger partial charge in [0.05, 0.1) is 21.1 Å². The smallest absolute Gasteiger partial charge is 0.138 e. The van der Waals surface area contributed by atoms with E-state index in [2.05, 4.69) is 9.97 Å². The van der Waals surface area contributed by atoms with E-state index in [0.29, 0.717) is 15.9 Å². The fourth-order valence-corrected chi connectivity index (χ4v) is 2.12. The Morgan fingerprint density at radius 1 is 1.06 bits per heavy atom. The molecule has 0 bridgehead atoms. The van der Waals surface area contributed by atoms with Crippen LogP contribution in [0.5, 0.6) is 5.75 Å². The van der Waals surface area contributed by atoms with Crippen molar-refractivity contribution >= 4 is 34.2 Å². The molecule has 3 nitrogen and oxygen atoms in total. The number of rotatable bonds is 1. The van der Waals surface area contributed by atoms with Crippen LogP contribution in [0.3, 0.4) is 0 Å². The maximum Gasteiger partial charge on any atom is 0.138 e. The van der Waals surface area contributed by atoms with Crippen molar-refractivity contribution in [3.05, 3.63) is 46.4 Å². The molecule has 0 amide bonds. The van der Waals surface area contributed by atoms with E-state index in [0.717, 1.165) is 16.6 Å². The molecule has 0 saturated heterocycles. The van der Waals surface area contributed by atoms with Gasteiger partial charge in [-0.15, -0.1) is 0 Å². The molecule has 0 aliphatic carbocycles. The Bertz CT molecular complexity index is 698. The summed E-state index contributed by atoms with van der Waals surface area (Å²) in [6.07, 6.45) is 0. The third-order valence-corrected chi connectivity index (χ3v) is 3.37. The number of imidazole rings is 1. The van der Waals surface area contributed by atoms with Crippen LogP contribution in [0.15, 0.2) is 36.4 Å². The fourth-order valence-electron chi connectivity index (χ4n) is 1.79. The second kappa shape index (κ2) is 4.19. The number of phenols is 1. The van der Waals surface area contributed by atoms with Gasteiger partial charge in [0.1, 0.15) is 11.6 Å². The number of phenolic OH excluding ortho intramolecular Hbond substituents is 1. The zero-order valence-electron chi connectivity index (χ0n) is 9.11. The molecular weight excluding hydrogens is 271 g/mol. The molecule has 0 atom stereocenters. The summed E-state index contributed by atoms with van der Waals surface area (Å²) < 4.78 is 0. The Morgan fingerprint density at radius 3 is 2.61 bits per heavy atom. The Morgan fingerprint density at radius 2 is 1.83 bits per heavy atom. The lowest BCUT2D eigenvalue weighted by Crippen LogP contribution is -1.78. The minimum atomic E-state index is 0.198. The molecule has 0 fully saturated rings. The van der Waals surface area contributed by atoms with E-state index in [1.165, 1.54) is 0 Å². The zero-order valence-corrected chi connectivity index (χ0v) is 10.6. The van der Waals surface area contributed by atoms with Gasteiger partial charge in [-0.05, 0) is 24.3 Å². The lowest BCUT2D eigenvalue weighted by molar-refractivity contribution is 0.475. The molecule has 0 saturated carbocycles. The number of fused-ring (bicyclic) bond motifs is 1. The van der Waals surface area contributed by atoms with Gasteiger partial charge in [-0.2, -0.15) is 0 Å². The van der Waals surface area contributed by atoms with Crippen LogP contribution in [0.2, 0.25) is 10.0 Å². The van der Waals surface area contributed by atoms with Crippen LogP contribution in [0.25, 0.3) is 22.4 Å². The highest BCUT2D eigenvalue weighted by molar-refractivity contribution is 6.42. The molecule has 5 heteroatoms. The average Bonchev–Trinajstić information content (AvgIpc) is 2.73. The quantitative estimate of drug-likeness (QED) is 0.699. The maximum atomic E-state index is 9.45. The molecule has 0 aliphatic heterocycles. The summed E-state index contributed by atoms with van der Waals surface area (Å²) in [6.45, 7) is 0. The van der Waals surface area contributed by atoms with E-state index in [1.807, 2.05) is 6.07 Å². The SMILES string of the molecule is Oc1cccc(-c2nc3cc(Cl)c(Cl)cc3[nH]2)c1. The van der Waals surface area contributed by atoms with Crippen molar-refractivity contribution in [1.29, 1.82) is 0 Å². The molecule has 18 heavy (non-hydrogen) atoms. The van der Waals surface area contributed by atoms with E-state index >= 15 is 0 Å². The molecule has 1 heterocycles.